The minimum absolute atomic E-state index is 0.303. The Bertz CT molecular complexity index is 327. The van der Waals surface area contributed by atoms with Gasteiger partial charge in [-0.15, -0.1) is 0 Å². The third-order valence-electron chi connectivity index (χ3n) is 2.53. The molecular formula is C11H21N3O4. The molecule has 104 valence electrons. The molecule has 0 saturated carbocycles. The summed E-state index contributed by atoms with van der Waals surface area (Å²) in [7, 11) is 0. The minimum Gasteiger partial charge on any atom is -0.444 e. The molecule has 0 spiro atoms. The highest BCUT2D eigenvalue weighted by Crippen LogP contribution is 2.18. The summed E-state index contributed by atoms with van der Waals surface area (Å²) in [5, 5.41) is 0. The van der Waals surface area contributed by atoms with Gasteiger partial charge in [0.2, 0.25) is 0 Å². The lowest BCUT2D eigenvalue weighted by atomic mass is 10.1. The molecule has 2 atom stereocenters. The number of morpholine rings is 1. The van der Waals surface area contributed by atoms with Crippen LogP contribution in [0.15, 0.2) is 0 Å². The van der Waals surface area contributed by atoms with E-state index in [0.717, 1.165) is 0 Å². The number of nitrogens with zero attached hydrogens (tertiary/aromatic N) is 1. The number of ether oxygens (including phenoxy) is 2. The van der Waals surface area contributed by atoms with Gasteiger partial charge in [-0.05, 0) is 27.7 Å². The highest BCUT2D eigenvalue weighted by atomic mass is 16.6. The first-order valence-corrected chi connectivity index (χ1v) is 5.88. The highest BCUT2D eigenvalue weighted by molar-refractivity contribution is 5.86. The van der Waals surface area contributed by atoms with Crippen LogP contribution in [0, 0.1) is 0 Å². The van der Waals surface area contributed by atoms with Gasteiger partial charge in [0.15, 0.2) is 0 Å². The van der Waals surface area contributed by atoms with Crippen LogP contribution in [0.4, 0.5) is 4.79 Å². The number of carbonyl (C=O) groups is 2. The van der Waals surface area contributed by atoms with E-state index in [1.54, 1.807) is 27.7 Å². The quantitative estimate of drug-likeness (QED) is 0.393. The topological polar surface area (TPSA) is 93.9 Å². The van der Waals surface area contributed by atoms with Crippen molar-refractivity contribution in [3.8, 4) is 0 Å². The summed E-state index contributed by atoms with van der Waals surface area (Å²) >= 11 is 0. The van der Waals surface area contributed by atoms with Crippen LogP contribution in [0.25, 0.3) is 0 Å². The zero-order valence-corrected chi connectivity index (χ0v) is 11.2. The number of amides is 2. The van der Waals surface area contributed by atoms with Crippen molar-refractivity contribution in [2.75, 3.05) is 13.2 Å². The Kier molecular flexibility index (Phi) is 4.53. The molecule has 0 aromatic heterocycles. The Balaban J connectivity index is 2.82. The summed E-state index contributed by atoms with van der Waals surface area (Å²) in [5.41, 5.74) is 1.44. The molecule has 0 unspecified atom stereocenters. The third-order valence-corrected chi connectivity index (χ3v) is 2.53. The lowest BCUT2D eigenvalue weighted by molar-refractivity contribution is -0.138. The van der Waals surface area contributed by atoms with E-state index < -0.39 is 29.7 Å². The number of rotatable bonds is 1. The Morgan fingerprint density at radius 1 is 1.44 bits per heavy atom. The maximum atomic E-state index is 12.0. The number of hydrogen-bond donors (Lipinski definition) is 2. The van der Waals surface area contributed by atoms with Gasteiger partial charge in [0.1, 0.15) is 11.6 Å². The lowest BCUT2D eigenvalue weighted by Gasteiger charge is -2.38. The van der Waals surface area contributed by atoms with Crippen LogP contribution < -0.4 is 11.3 Å². The standard InChI is InChI=1S/C11H21N3O4/c1-7-8(9(15)13-12)14(5-6-17-7)10(16)18-11(2,3)4/h7-8H,5-6,12H2,1-4H3,(H,13,15)/t7-,8+/m1/s1. The van der Waals surface area contributed by atoms with Crippen LogP contribution in [0.5, 0.6) is 0 Å². The van der Waals surface area contributed by atoms with Gasteiger partial charge in [-0.1, -0.05) is 0 Å². The van der Waals surface area contributed by atoms with Gasteiger partial charge in [0, 0.05) is 6.54 Å². The van der Waals surface area contributed by atoms with Crippen molar-refractivity contribution >= 4 is 12.0 Å². The predicted octanol–water partition coefficient (Wildman–Crippen LogP) is 0.000700. The van der Waals surface area contributed by atoms with Gasteiger partial charge < -0.3 is 9.47 Å². The minimum atomic E-state index is -0.765. The van der Waals surface area contributed by atoms with E-state index in [1.165, 1.54) is 4.90 Å². The van der Waals surface area contributed by atoms with Crippen molar-refractivity contribution in [1.82, 2.24) is 10.3 Å². The highest BCUT2D eigenvalue weighted by Gasteiger charge is 2.39. The first-order chi connectivity index (χ1) is 8.26. The third kappa shape index (κ3) is 3.58. The average Bonchev–Trinajstić information content (AvgIpc) is 2.25. The van der Waals surface area contributed by atoms with Gasteiger partial charge in [-0.3, -0.25) is 15.1 Å². The fraction of sp³-hybridized carbons (Fsp3) is 0.818. The molecule has 0 bridgehead atoms. The molecule has 0 aliphatic carbocycles. The molecule has 1 aliphatic heterocycles. The second kappa shape index (κ2) is 5.53. The van der Waals surface area contributed by atoms with Gasteiger partial charge in [-0.25, -0.2) is 10.6 Å². The Morgan fingerprint density at radius 3 is 2.56 bits per heavy atom. The maximum absolute atomic E-state index is 12.0. The Hall–Kier alpha value is -1.34. The van der Waals surface area contributed by atoms with E-state index in [1.807, 2.05) is 5.43 Å². The summed E-state index contributed by atoms with van der Waals surface area (Å²) in [6, 6.07) is -0.765. The number of hydrogen-bond acceptors (Lipinski definition) is 5. The second-order valence-electron chi connectivity index (χ2n) is 5.20. The molecule has 1 rings (SSSR count). The van der Waals surface area contributed by atoms with Crippen molar-refractivity contribution in [2.45, 2.75) is 45.4 Å². The van der Waals surface area contributed by atoms with E-state index in [0.29, 0.717) is 13.2 Å². The zero-order valence-electron chi connectivity index (χ0n) is 11.2. The number of carbonyl (C=O) groups excluding carboxylic acids is 2. The van der Waals surface area contributed by atoms with Crippen molar-refractivity contribution in [3.05, 3.63) is 0 Å². The molecule has 1 aliphatic rings. The van der Waals surface area contributed by atoms with Crippen LogP contribution in [0.1, 0.15) is 27.7 Å². The smallest absolute Gasteiger partial charge is 0.411 e. The van der Waals surface area contributed by atoms with Crippen LogP contribution in [0.2, 0.25) is 0 Å². The van der Waals surface area contributed by atoms with Crippen LogP contribution in [-0.2, 0) is 14.3 Å². The average molecular weight is 259 g/mol. The first-order valence-electron chi connectivity index (χ1n) is 5.88. The molecule has 1 fully saturated rings. The Morgan fingerprint density at radius 2 is 2.06 bits per heavy atom. The fourth-order valence-corrected chi connectivity index (χ4v) is 1.79. The van der Waals surface area contributed by atoms with Crippen LogP contribution >= 0.6 is 0 Å². The molecule has 18 heavy (non-hydrogen) atoms. The zero-order chi connectivity index (χ0) is 13.9. The largest absolute Gasteiger partial charge is 0.444 e. The molecule has 7 heteroatoms. The summed E-state index contributed by atoms with van der Waals surface area (Å²) in [4.78, 5) is 25.1. The molecule has 0 radical (unpaired) electrons. The van der Waals surface area contributed by atoms with Crippen molar-refractivity contribution < 1.29 is 19.1 Å². The Labute approximate surface area is 107 Å². The summed E-state index contributed by atoms with van der Waals surface area (Å²) in [6.45, 7) is 7.70. The summed E-state index contributed by atoms with van der Waals surface area (Å²) in [5.74, 6) is 4.66. The van der Waals surface area contributed by atoms with Gasteiger partial charge >= 0.3 is 6.09 Å². The fourth-order valence-electron chi connectivity index (χ4n) is 1.79. The molecule has 0 aromatic carbocycles. The molecule has 2 amide bonds. The molecule has 1 heterocycles. The first kappa shape index (κ1) is 14.7. The molecule has 3 N–H and O–H groups in total. The number of hydrazine groups is 1. The van der Waals surface area contributed by atoms with Crippen molar-refractivity contribution in [2.24, 2.45) is 5.84 Å². The molecular weight excluding hydrogens is 238 g/mol. The van der Waals surface area contributed by atoms with E-state index in [2.05, 4.69) is 0 Å². The van der Waals surface area contributed by atoms with E-state index in [9.17, 15) is 9.59 Å². The summed E-state index contributed by atoms with van der Waals surface area (Å²) in [6.07, 6.45) is -0.957. The normalized spacial score (nSPS) is 24.6. The SMILES string of the molecule is C[C@H]1OCCN(C(=O)OC(C)(C)C)[C@@H]1C(=O)NN. The number of nitrogens with two attached hydrogens (primary N) is 1. The van der Waals surface area contributed by atoms with Crippen molar-refractivity contribution in [3.63, 3.8) is 0 Å². The monoisotopic (exact) mass is 259 g/mol. The predicted molar refractivity (Wildman–Crippen MR) is 64.5 cm³/mol. The van der Waals surface area contributed by atoms with E-state index >= 15 is 0 Å². The molecule has 1 saturated heterocycles. The second-order valence-corrected chi connectivity index (χ2v) is 5.20. The molecule has 7 nitrogen and oxygen atoms in total. The van der Waals surface area contributed by atoms with E-state index in [-0.39, 0.29) is 0 Å². The van der Waals surface area contributed by atoms with Crippen LogP contribution in [-0.4, -0.2) is 47.8 Å². The van der Waals surface area contributed by atoms with E-state index in [4.69, 9.17) is 15.3 Å². The van der Waals surface area contributed by atoms with Gasteiger partial charge in [-0.2, -0.15) is 0 Å². The number of nitrogens with one attached hydrogen (secondary N) is 1. The molecule has 0 aromatic rings. The van der Waals surface area contributed by atoms with Gasteiger partial charge in [0.05, 0.1) is 12.7 Å². The van der Waals surface area contributed by atoms with Crippen LogP contribution in [0.3, 0.4) is 0 Å². The van der Waals surface area contributed by atoms with Crippen molar-refractivity contribution in [1.29, 1.82) is 0 Å². The van der Waals surface area contributed by atoms with Gasteiger partial charge in [0.25, 0.3) is 5.91 Å². The lowest BCUT2D eigenvalue weighted by Crippen LogP contribution is -2.60. The maximum Gasteiger partial charge on any atom is 0.411 e. The summed E-state index contributed by atoms with van der Waals surface area (Å²) < 4.78 is 10.6.